The number of aldehydes is 1. The predicted octanol–water partition coefficient (Wildman–Crippen LogP) is 2.59. The summed E-state index contributed by atoms with van der Waals surface area (Å²) in [4.78, 5) is 10.9. The van der Waals surface area contributed by atoms with Gasteiger partial charge in [0, 0.05) is 11.0 Å². The number of hydrogen-bond acceptors (Lipinski definition) is 3. The molecule has 19 heavy (non-hydrogen) atoms. The Bertz CT molecular complexity index is 515. The topological polar surface area (TPSA) is 35.5 Å². The molecular weight excluding hydrogens is 269 g/mol. The van der Waals surface area contributed by atoms with Gasteiger partial charge in [-0.15, -0.1) is 0 Å². The molecule has 0 radical (unpaired) electrons. The van der Waals surface area contributed by atoms with Crippen molar-refractivity contribution < 1.29 is 18.5 Å². The maximum absolute atomic E-state index is 14.0. The third-order valence-corrected chi connectivity index (χ3v) is 4.19. The first kappa shape index (κ1) is 14.5. The molecule has 3 nitrogen and oxygen atoms in total. The average molecular weight is 285 g/mol. The van der Waals surface area contributed by atoms with Gasteiger partial charge in [-0.2, -0.15) is 0 Å². The largest absolute Gasteiger partial charge is 0.499 e. The third-order valence-electron chi connectivity index (χ3n) is 3.77. The van der Waals surface area contributed by atoms with Crippen LogP contribution in [0.25, 0.3) is 0 Å². The van der Waals surface area contributed by atoms with Crippen LogP contribution in [0.2, 0.25) is 5.02 Å². The van der Waals surface area contributed by atoms with Crippen molar-refractivity contribution in [2.45, 2.75) is 38.9 Å². The lowest BCUT2D eigenvalue weighted by atomic mass is 9.78. The summed E-state index contributed by atoms with van der Waals surface area (Å²) in [5, 5.41) is 0.0356. The summed E-state index contributed by atoms with van der Waals surface area (Å²) in [6, 6.07) is 2.52. The minimum atomic E-state index is -0.919. The minimum Gasteiger partial charge on any atom is -0.399 e. The smallest absolute Gasteiger partial charge is 0.399 e. The fourth-order valence-electron chi connectivity index (χ4n) is 1.85. The summed E-state index contributed by atoms with van der Waals surface area (Å²) in [5.41, 5.74) is -0.896. The van der Waals surface area contributed by atoms with E-state index in [1.54, 1.807) is 0 Å². The molecule has 0 N–H and O–H groups in total. The van der Waals surface area contributed by atoms with Crippen molar-refractivity contribution in [2.24, 2.45) is 0 Å². The van der Waals surface area contributed by atoms with Crippen molar-refractivity contribution in [1.82, 2.24) is 0 Å². The molecule has 1 fully saturated rings. The molecule has 1 aliphatic rings. The van der Waals surface area contributed by atoms with Crippen molar-refractivity contribution in [2.75, 3.05) is 0 Å². The number of rotatable bonds is 2. The molecule has 0 aliphatic carbocycles. The van der Waals surface area contributed by atoms with E-state index < -0.39 is 24.1 Å². The zero-order chi connectivity index (χ0) is 14.4. The molecule has 0 aromatic heterocycles. The van der Waals surface area contributed by atoms with Crippen LogP contribution in [0.3, 0.4) is 0 Å². The standard InChI is InChI=1S/C13H15BClFO3/c1-12(2)13(3,4)19-14(18-12)10-9(16)6-5-8(7-17)11(10)15/h5-7H,1-4H3. The zero-order valence-electron chi connectivity index (χ0n) is 11.3. The Morgan fingerprint density at radius 2 is 1.74 bits per heavy atom. The second-order valence-corrected chi connectivity index (χ2v) is 5.95. The van der Waals surface area contributed by atoms with Crippen LogP contribution in [0.4, 0.5) is 4.39 Å². The highest BCUT2D eigenvalue weighted by molar-refractivity contribution is 6.66. The van der Waals surface area contributed by atoms with Gasteiger partial charge in [0.2, 0.25) is 0 Å². The van der Waals surface area contributed by atoms with Crippen molar-refractivity contribution in [1.29, 1.82) is 0 Å². The summed E-state index contributed by atoms with van der Waals surface area (Å²) in [6.07, 6.45) is 0.580. The van der Waals surface area contributed by atoms with Gasteiger partial charge in [-0.1, -0.05) is 11.6 Å². The van der Waals surface area contributed by atoms with E-state index >= 15 is 0 Å². The van der Waals surface area contributed by atoms with Crippen LogP contribution in [-0.2, 0) is 9.31 Å². The van der Waals surface area contributed by atoms with E-state index in [-0.39, 0.29) is 16.0 Å². The van der Waals surface area contributed by atoms with E-state index in [1.807, 2.05) is 27.7 Å². The first-order valence-corrected chi connectivity index (χ1v) is 6.36. The summed E-state index contributed by atoms with van der Waals surface area (Å²) in [7, 11) is -0.919. The monoisotopic (exact) mass is 284 g/mol. The quantitative estimate of drug-likeness (QED) is 0.618. The predicted molar refractivity (Wildman–Crippen MR) is 72.5 cm³/mol. The lowest BCUT2D eigenvalue weighted by Crippen LogP contribution is -2.41. The molecule has 0 spiro atoms. The van der Waals surface area contributed by atoms with Crippen LogP contribution in [0.15, 0.2) is 12.1 Å². The zero-order valence-corrected chi connectivity index (χ0v) is 12.0. The molecule has 0 unspecified atom stereocenters. The Labute approximate surface area is 117 Å². The van der Waals surface area contributed by atoms with Gasteiger partial charge in [-0.05, 0) is 39.8 Å². The normalized spacial score (nSPS) is 20.6. The molecule has 1 aromatic carbocycles. The van der Waals surface area contributed by atoms with Crippen LogP contribution in [0.5, 0.6) is 0 Å². The van der Waals surface area contributed by atoms with Crippen LogP contribution in [0.1, 0.15) is 38.1 Å². The van der Waals surface area contributed by atoms with E-state index in [9.17, 15) is 9.18 Å². The van der Waals surface area contributed by atoms with Gasteiger partial charge in [0.15, 0.2) is 6.29 Å². The summed E-state index contributed by atoms with van der Waals surface area (Å²) in [6.45, 7) is 7.45. The summed E-state index contributed by atoms with van der Waals surface area (Å²) < 4.78 is 25.5. The summed E-state index contributed by atoms with van der Waals surface area (Å²) in [5.74, 6) is -0.547. The van der Waals surface area contributed by atoms with Crippen molar-refractivity contribution in [3.05, 3.63) is 28.5 Å². The number of carbonyl (C=O) groups excluding carboxylic acids is 1. The molecule has 1 aromatic rings. The van der Waals surface area contributed by atoms with E-state index in [2.05, 4.69) is 0 Å². The lowest BCUT2D eigenvalue weighted by molar-refractivity contribution is 0.00578. The van der Waals surface area contributed by atoms with Crippen LogP contribution in [0, 0.1) is 5.82 Å². The molecule has 0 amide bonds. The molecule has 0 saturated carbocycles. The van der Waals surface area contributed by atoms with Crippen LogP contribution >= 0.6 is 11.6 Å². The number of hydrogen-bond donors (Lipinski definition) is 0. The molecule has 6 heteroatoms. The SMILES string of the molecule is CC1(C)OB(c2c(F)ccc(C=O)c2Cl)OC1(C)C. The molecule has 102 valence electrons. The van der Waals surface area contributed by atoms with Gasteiger partial charge in [0.25, 0.3) is 0 Å². The highest BCUT2D eigenvalue weighted by atomic mass is 35.5. The highest BCUT2D eigenvalue weighted by Gasteiger charge is 2.53. The summed E-state index contributed by atoms with van der Waals surface area (Å²) >= 11 is 6.05. The Kier molecular flexibility index (Phi) is 3.50. The number of carbonyl (C=O) groups is 1. The molecule has 2 rings (SSSR count). The fourth-order valence-corrected chi connectivity index (χ4v) is 2.14. The van der Waals surface area contributed by atoms with Gasteiger partial charge in [-0.3, -0.25) is 4.79 Å². The molecule has 1 saturated heterocycles. The van der Waals surface area contributed by atoms with E-state index in [0.29, 0.717) is 6.29 Å². The van der Waals surface area contributed by atoms with Gasteiger partial charge < -0.3 is 9.31 Å². The van der Waals surface area contributed by atoms with Crippen molar-refractivity contribution in [3.8, 4) is 0 Å². The van der Waals surface area contributed by atoms with Gasteiger partial charge in [-0.25, -0.2) is 4.39 Å². The molecule has 1 heterocycles. The molecular formula is C13H15BClFO3. The number of benzene rings is 1. The van der Waals surface area contributed by atoms with E-state index in [4.69, 9.17) is 20.9 Å². The Morgan fingerprint density at radius 3 is 2.21 bits per heavy atom. The lowest BCUT2D eigenvalue weighted by Gasteiger charge is -2.32. The highest BCUT2D eigenvalue weighted by Crippen LogP contribution is 2.37. The Hall–Kier alpha value is -0.905. The first-order chi connectivity index (χ1) is 8.69. The second kappa shape index (κ2) is 4.58. The Morgan fingerprint density at radius 1 is 1.21 bits per heavy atom. The Balaban J connectivity index is 2.48. The molecule has 0 bridgehead atoms. The van der Waals surface area contributed by atoms with Crippen molar-refractivity contribution >= 4 is 30.5 Å². The average Bonchev–Trinajstić information content (AvgIpc) is 2.48. The molecule has 1 aliphatic heterocycles. The van der Waals surface area contributed by atoms with Crippen molar-refractivity contribution in [3.63, 3.8) is 0 Å². The first-order valence-electron chi connectivity index (χ1n) is 5.98. The minimum absolute atomic E-state index is 0.0356. The molecule has 0 atom stereocenters. The number of halogens is 2. The van der Waals surface area contributed by atoms with Gasteiger partial charge in [0.1, 0.15) is 5.82 Å². The van der Waals surface area contributed by atoms with E-state index in [0.717, 1.165) is 0 Å². The van der Waals surface area contributed by atoms with E-state index in [1.165, 1.54) is 12.1 Å². The van der Waals surface area contributed by atoms with Crippen LogP contribution < -0.4 is 5.46 Å². The maximum atomic E-state index is 14.0. The fraction of sp³-hybridized carbons (Fsp3) is 0.462. The van der Waals surface area contributed by atoms with Gasteiger partial charge >= 0.3 is 7.12 Å². The second-order valence-electron chi connectivity index (χ2n) is 5.57. The third kappa shape index (κ3) is 2.31. The van der Waals surface area contributed by atoms with Gasteiger partial charge in [0.05, 0.1) is 16.2 Å². The van der Waals surface area contributed by atoms with Crippen LogP contribution in [-0.4, -0.2) is 24.6 Å². The maximum Gasteiger partial charge on any atom is 0.499 e.